The maximum Gasteiger partial charge on any atom is 0.412 e. The molecule has 0 aliphatic carbocycles. The van der Waals surface area contributed by atoms with E-state index in [2.05, 4.69) is 0 Å². The summed E-state index contributed by atoms with van der Waals surface area (Å²) in [5.74, 6) is -2.38. The van der Waals surface area contributed by atoms with Gasteiger partial charge in [0, 0.05) is 6.07 Å². The first-order valence-corrected chi connectivity index (χ1v) is 6.08. The number of ether oxygens (including phenoxy) is 1. The van der Waals surface area contributed by atoms with Crippen molar-refractivity contribution in [1.29, 1.82) is 0 Å². The third-order valence-electron chi connectivity index (χ3n) is 2.67. The average molecular weight is 308 g/mol. The Morgan fingerprint density at radius 1 is 1.23 bits per heavy atom. The Kier molecular flexibility index (Phi) is 4.62. The van der Waals surface area contributed by atoms with Crippen molar-refractivity contribution in [3.8, 4) is 0 Å². The summed E-state index contributed by atoms with van der Waals surface area (Å²) < 4.78 is 31.4. The Balaban J connectivity index is 2.10. The Morgan fingerprint density at radius 2 is 1.91 bits per heavy atom. The zero-order chi connectivity index (χ0) is 16.1. The second kappa shape index (κ2) is 6.61. The van der Waals surface area contributed by atoms with Crippen LogP contribution in [0.5, 0.6) is 0 Å². The van der Waals surface area contributed by atoms with Crippen LogP contribution in [-0.2, 0) is 11.3 Å². The van der Waals surface area contributed by atoms with Crippen LogP contribution in [0.4, 0.5) is 25.0 Å². The average Bonchev–Trinajstić information content (AvgIpc) is 2.48. The summed E-state index contributed by atoms with van der Waals surface area (Å²) in [7, 11) is 0. The largest absolute Gasteiger partial charge is 0.444 e. The number of halogens is 2. The summed E-state index contributed by atoms with van der Waals surface area (Å²) in [5, 5.41) is 12.7. The molecule has 0 aromatic heterocycles. The molecule has 0 bridgehead atoms. The molecule has 1 N–H and O–H groups in total. The first-order chi connectivity index (χ1) is 10.5. The van der Waals surface area contributed by atoms with E-state index in [0.717, 1.165) is 0 Å². The molecular formula is C14H10F2N2O4. The van der Waals surface area contributed by atoms with E-state index in [1.165, 1.54) is 0 Å². The number of hydrogen-bond donors (Lipinski definition) is 1. The van der Waals surface area contributed by atoms with Gasteiger partial charge in [0.2, 0.25) is 0 Å². The summed E-state index contributed by atoms with van der Waals surface area (Å²) in [6.45, 7) is -0.0940. The van der Waals surface area contributed by atoms with Gasteiger partial charge in [-0.1, -0.05) is 30.3 Å². The van der Waals surface area contributed by atoms with Crippen molar-refractivity contribution in [2.24, 2.45) is 0 Å². The molecule has 0 spiro atoms. The molecule has 2 aromatic rings. The zero-order valence-electron chi connectivity index (χ0n) is 11.1. The van der Waals surface area contributed by atoms with Gasteiger partial charge in [-0.15, -0.1) is 0 Å². The number of amides is 1. The van der Waals surface area contributed by atoms with Crippen LogP contribution in [0.1, 0.15) is 5.56 Å². The first kappa shape index (κ1) is 15.4. The monoisotopic (exact) mass is 308 g/mol. The molecular weight excluding hydrogens is 298 g/mol. The number of hydrogen-bond acceptors (Lipinski definition) is 4. The van der Waals surface area contributed by atoms with Crippen LogP contribution in [0.15, 0.2) is 42.5 Å². The van der Waals surface area contributed by atoms with Crippen molar-refractivity contribution < 1.29 is 23.2 Å². The van der Waals surface area contributed by atoms with Crippen LogP contribution in [0.3, 0.4) is 0 Å². The number of anilines is 1. The number of nitrogens with one attached hydrogen (secondary N) is 1. The highest BCUT2D eigenvalue weighted by Gasteiger charge is 2.22. The molecule has 0 saturated carbocycles. The standard InChI is InChI=1S/C14H10F2N2O4/c15-10-6-11(16)13(12(7-10)18(20)21)17-14(19)22-8-9-4-2-1-3-5-9/h1-7H,8H2,(H,17,19). The van der Waals surface area contributed by atoms with E-state index in [4.69, 9.17) is 4.74 Å². The molecule has 8 heteroatoms. The van der Waals surface area contributed by atoms with E-state index in [9.17, 15) is 23.7 Å². The SMILES string of the molecule is O=C(Nc1c(F)cc(F)cc1[N+](=O)[O-])OCc1ccccc1. The van der Waals surface area contributed by atoms with Gasteiger partial charge in [-0.25, -0.2) is 13.6 Å². The van der Waals surface area contributed by atoms with Gasteiger partial charge in [-0.05, 0) is 5.56 Å². The van der Waals surface area contributed by atoms with Crippen LogP contribution >= 0.6 is 0 Å². The molecule has 2 rings (SSSR count). The summed E-state index contributed by atoms with van der Waals surface area (Å²) in [6, 6.07) is 9.60. The quantitative estimate of drug-likeness (QED) is 0.691. The van der Waals surface area contributed by atoms with Crippen LogP contribution in [0, 0.1) is 21.7 Å². The lowest BCUT2D eigenvalue weighted by Gasteiger charge is -2.08. The van der Waals surface area contributed by atoms with E-state index in [0.29, 0.717) is 17.7 Å². The highest BCUT2D eigenvalue weighted by atomic mass is 19.1. The molecule has 0 aliphatic rings. The second-order valence-electron chi connectivity index (χ2n) is 4.23. The minimum Gasteiger partial charge on any atom is -0.444 e. The van der Waals surface area contributed by atoms with Crippen LogP contribution < -0.4 is 5.32 Å². The number of nitro groups is 1. The lowest BCUT2D eigenvalue weighted by Crippen LogP contribution is -2.16. The zero-order valence-corrected chi connectivity index (χ0v) is 11.1. The van der Waals surface area contributed by atoms with Crippen LogP contribution in [0.25, 0.3) is 0 Å². The molecule has 2 aromatic carbocycles. The maximum absolute atomic E-state index is 13.6. The molecule has 0 saturated heterocycles. The van der Waals surface area contributed by atoms with Gasteiger partial charge < -0.3 is 4.74 Å². The fourth-order valence-corrected chi connectivity index (χ4v) is 1.69. The maximum atomic E-state index is 13.6. The predicted molar refractivity (Wildman–Crippen MR) is 73.3 cm³/mol. The Bertz CT molecular complexity index is 707. The van der Waals surface area contributed by atoms with E-state index < -0.39 is 34.0 Å². The van der Waals surface area contributed by atoms with E-state index >= 15 is 0 Å². The summed E-state index contributed by atoms with van der Waals surface area (Å²) in [6.07, 6.45) is -1.09. The molecule has 0 atom stereocenters. The molecule has 0 fully saturated rings. The number of nitrogens with zero attached hydrogens (tertiary/aromatic N) is 1. The van der Waals surface area contributed by atoms with Gasteiger partial charge in [-0.2, -0.15) is 0 Å². The fraction of sp³-hybridized carbons (Fsp3) is 0.0714. The Labute approximate surface area is 123 Å². The molecule has 114 valence electrons. The Hall–Kier alpha value is -3.03. The number of benzene rings is 2. The van der Waals surface area contributed by atoms with E-state index in [1.54, 1.807) is 30.3 Å². The normalized spacial score (nSPS) is 10.1. The van der Waals surface area contributed by atoms with Gasteiger partial charge in [0.25, 0.3) is 5.69 Å². The molecule has 1 amide bonds. The van der Waals surface area contributed by atoms with Crippen molar-refractivity contribution in [3.05, 3.63) is 69.8 Å². The molecule has 6 nitrogen and oxygen atoms in total. The van der Waals surface area contributed by atoms with Gasteiger partial charge >= 0.3 is 6.09 Å². The van der Waals surface area contributed by atoms with Crippen molar-refractivity contribution in [2.45, 2.75) is 6.61 Å². The molecule has 0 radical (unpaired) electrons. The van der Waals surface area contributed by atoms with E-state index in [1.807, 2.05) is 5.32 Å². The van der Waals surface area contributed by atoms with Crippen molar-refractivity contribution in [3.63, 3.8) is 0 Å². The van der Waals surface area contributed by atoms with Gasteiger partial charge in [0.05, 0.1) is 11.0 Å². The number of carbonyl (C=O) groups excluding carboxylic acids is 1. The van der Waals surface area contributed by atoms with Crippen LogP contribution in [0.2, 0.25) is 0 Å². The van der Waals surface area contributed by atoms with E-state index in [-0.39, 0.29) is 6.61 Å². The molecule has 22 heavy (non-hydrogen) atoms. The number of rotatable bonds is 4. The minimum absolute atomic E-state index is 0.0940. The first-order valence-electron chi connectivity index (χ1n) is 6.08. The van der Waals surface area contributed by atoms with Crippen molar-refractivity contribution >= 4 is 17.5 Å². The Morgan fingerprint density at radius 3 is 2.55 bits per heavy atom. The smallest absolute Gasteiger partial charge is 0.412 e. The third-order valence-corrected chi connectivity index (χ3v) is 2.67. The summed E-state index contributed by atoms with van der Waals surface area (Å²) >= 11 is 0. The molecule has 0 aliphatic heterocycles. The highest BCUT2D eigenvalue weighted by molar-refractivity contribution is 5.88. The molecule has 0 heterocycles. The van der Waals surface area contributed by atoms with Crippen molar-refractivity contribution in [2.75, 3.05) is 5.32 Å². The molecule has 0 unspecified atom stereocenters. The van der Waals surface area contributed by atoms with Gasteiger partial charge in [0.1, 0.15) is 12.4 Å². The van der Waals surface area contributed by atoms with Gasteiger partial charge in [-0.3, -0.25) is 15.4 Å². The number of nitro benzene ring substituents is 1. The number of carbonyl (C=O) groups is 1. The van der Waals surface area contributed by atoms with Crippen molar-refractivity contribution in [1.82, 2.24) is 0 Å². The lowest BCUT2D eigenvalue weighted by molar-refractivity contribution is -0.384. The second-order valence-corrected chi connectivity index (χ2v) is 4.23. The highest BCUT2D eigenvalue weighted by Crippen LogP contribution is 2.28. The summed E-state index contributed by atoms with van der Waals surface area (Å²) in [4.78, 5) is 21.3. The van der Waals surface area contributed by atoms with Crippen LogP contribution in [-0.4, -0.2) is 11.0 Å². The minimum atomic E-state index is -1.26. The van der Waals surface area contributed by atoms with Gasteiger partial charge in [0.15, 0.2) is 11.5 Å². The summed E-state index contributed by atoms with van der Waals surface area (Å²) in [5.41, 5.74) is -0.953. The lowest BCUT2D eigenvalue weighted by atomic mass is 10.2. The fourth-order valence-electron chi connectivity index (χ4n) is 1.69. The topological polar surface area (TPSA) is 81.5 Å². The predicted octanol–water partition coefficient (Wildman–Crippen LogP) is 3.62. The third kappa shape index (κ3) is 3.75.